The summed E-state index contributed by atoms with van der Waals surface area (Å²) >= 11 is 0. The fraction of sp³-hybridized carbons (Fsp3) is 0.621. The SMILES string of the molecule is CC(C)[Si](Oc1cccc2c1nc(C(F)F)n2-c1nc(N2CCOCC2)cc(N2CCOCC2)n1)(C(C)C)C(C)C. The molecule has 4 heterocycles. The second-order valence-corrected chi connectivity index (χ2v) is 17.1. The lowest BCUT2D eigenvalue weighted by atomic mass is 10.3. The van der Waals surface area contributed by atoms with Crippen LogP contribution in [0.2, 0.25) is 16.6 Å². The largest absolute Gasteiger partial charge is 0.541 e. The molecule has 1 aromatic carbocycles. The minimum atomic E-state index is -2.83. The topological polar surface area (TPSA) is 77.8 Å². The third-order valence-electron chi connectivity index (χ3n) is 8.42. The molecule has 2 aromatic heterocycles. The number of ether oxygens (including phenoxy) is 2. The second-order valence-electron chi connectivity index (χ2n) is 11.7. The van der Waals surface area contributed by atoms with E-state index in [1.54, 1.807) is 6.07 Å². The van der Waals surface area contributed by atoms with E-state index in [9.17, 15) is 8.78 Å². The van der Waals surface area contributed by atoms with Gasteiger partial charge in [0.1, 0.15) is 22.9 Å². The monoisotopic (exact) mass is 588 g/mol. The summed E-state index contributed by atoms with van der Waals surface area (Å²) in [5.74, 6) is 1.68. The molecule has 0 unspecified atom stereocenters. The van der Waals surface area contributed by atoms with Crippen molar-refractivity contribution in [1.82, 2.24) is 19.5 Å². The Hall–Kier alpha value is -2.83. The number of aromatic nitrogens is 4. The van der Waals surface area contributed by atoms with Crippen LogP contribution in [0.3, 0.4) is 0 Å². The van der Waals surface area contributed by atoms with Crippen LogP contribution in [0.1, 0.15) is 53.8 Å². The van der Waals surface area contributed by atoms with Crippen molar-refractivity contribution in [2.24, 2.45) is 0 Å². The normalized spacial score (nSPS) is 17.1. The number of morpholine rings is 2. The van der Waals surface area contributed by atoms with Crippen molar-refractivity contribution in [2.45, 2.75) is 64.6 Å². The van der Waals surface area contributed by atoms with Crippen LogP contribution in [0, 0.1) is 0 Å². The van der Waals surface area contributed by atoms with Gasteiger partial charge in [-0.1, -0.05) is 47.6 Å². The number of halogens is 2. The fourth-order valence-electron chi connectivity index (χ4n) is 6.49. The van der Waals surface area contributed by atoms with Crippen LogP contribution in [0.15, 0.2) is 24.3 Å². The number of alkyl halides is 2. The van der Waals surface area contributed by atoms with Crippen LogP contribution in [0.4, 0.5) is 20.4 Å². The summed E-state index contributed by atoms with van der Waals surface area (Å²) in [4.78, 5) is 18.4. The highest BCUT2D eigenvalue weighted by Crippen LogP contribution is 2.44. The first-order valence-electron chi connectivity index (χ1n) is 14.7. The average Bonchev–Trinajstić information content (AvgIpc) is 3.37. The summed E-state index contributed by atoms with van der Waals surface area (Å²) in [5, 5.41) is 0. The molecule has 5 rings (SSSR count). The van der Waals surface area contributed by atoms with Gasteiger partial charge in [-0.25, -0.2) is 13.8 Å². The van der Waals surface area contributed by atoms with Crippen molar-refractivity contribution >= 4 is 31.0 Å². The number of benzene rings is 1. The van der Waals surface area contributed by atoms with Gasteiger partial charge in [-0.05, 0) is 28.8 Å². The molecule has 2 aliphatic rings. The van der Waals surface area contributed by atoms with Crippen molar-refractivity contribution in [3.8, 4) is 11.7 Å². The number of fused-ring (bicyclic) bond motifs is 1. The van der Waals surface area contributed by atoms with Gasteiger partial charge in [-0.3, -0.25) is 4.57 Å². The molecule has 0 aliphatic carbocycles. The van der Waals surface area contributed by atoms with Crippen molar-refractivity contribution in [3.63, 3.8) is 0 Å². The lowest BCUT2D eigenvalue weighted by molar-refractivity contribution is 0.122. The maximum atomic E-state index is 14.7. The quantitative estimate of drug-likeness (QED) is 0.283. The van der Waals surface area contributed by atoms with E-state index < -0.39 is 20.6 Å². The van der Waals surface area contributed by atoms with E-state index in [0.29, 0.717) is 97.6 Å². The van der Waals surface area contributed by atoms with Crippen molar-refractivity contribution in [2.75, 3.05) is 62.4 Å². The van der Waals surface area contributed by atoms with E-state index in [2.05, 4.69) is 56.3 Å². The second kappa shape index (κ2) is 12.2. The van der Waals surface area contributed by atoms with Gasteiger partial charge in [0.05, 0.1) is 31.9 Å². The van der Waals surface area contributed by atoms with Crippen LogP contribution < -0.4 is 14.2 Å². The Morgan fingerprint density at radius 1 is 0.780 bits per heavy atom. The van der Waals surface area contributed by atoms with Crippen molar-refractivity contribution < 1.29 is 22.7 Å². The van der Waals surface area contributed by atoms with E-state index in [-0.39, 0.29) is 5.95 Å². The molecule has 0 radical (unpaired) electrons. The molecule has 12 heteroatoms. The van der Waals surface area contributed by atoms with Crippen molar-refractivity contribution in [1.29, 1.82) is 0 Å². The Balaban J connectivity index is 1.68. The maximum Gasteiger partial charge on any atom is 0.296 e. The van der Waals surface area contributed by atoms with Gasteiger partial charge in [-0.15, -0.1) is 0 Å². The average molecular weight is 589 g/mol. The molecule has 0 N–H and O–H groups in total. The molecule has 0 amide bonds. The molecule has 0 atom stereocenters. The van der Waals surface area contributed by atoms with Crippen molar-refractivity contribution in [3.05, 3.63) is 30.1 Å². The molecule has 0 bridgehead atoms. The highest BCUT2D eigenvalue weighted by Gasteiger charge is 2.47. The molecule has 2 saturated heterocycles. The Morgan fingerprint density at radius 2 is 1.29 bits per heavy atom. The number of imidazole rings is 1. The number of hydrogen-bond donors (Lipinski definition) is 0. The number of para-hydroxylation sites is 1. The summed E-state index contributed by atoms with van der Waals surface area (Å²) in [5.41, 5.74) is 1.87. The Bertz CT molecular complexity index is 1280. The predicted molar refractivity (Wildman–Crippen MR) is 159 cm³/mol. The van der Waals surface area contributed by atoms with E-state index >= 15 is 0 Å². The summed E-state index contributed by atoms with van der Waals surface area (Å²) in [7, 11) is -2.37. The van der Waals surface area contributed by atoms with E-state index in [1.807, 2.05) is 18.2 Å². The molecule has 2 fully saturated rings. The van der Waals surface area contributed by atoms with Crippen LogP contribution in [0.25, 0.3) is 17.0 Å². The number of rotatable bonds is 9. The van der Waals surface area contributed by atoms with Crippen LogP contribution in [-0.2, 0) is 9.47 Å². The number of anilines is 2. The first-order valence-corrected chi connectivity index (χ1v) is 16.8. The van der Waals surface area contributed by atoms with Crippen LogP contribution in [0.5, 0.6) is 5.75 Å². The maximum absolute atomic E-state index is 14.7. The summed E-state index contributed by atoms with van der Waals surface area (Å²) < 4.78 is 48.8. The zero-order valence-electron chi connectivity index (χ0n) is 24.9. The highest BCUT2D eigenvalue weighted by molar-refractivity contribution is 6.78. The van der Waals surface area contributed by atoms with Gasteiger partial charge in [0.15, 0.2) is 5.82 Å². The van der Waals surface area contributed by atoms with Gasteiger partial charge >= 0.3 is 0 Å². The molecular formula is C29H42F2N6O3Si. The first-order chi connectivity index (χ1) is 19.6. The van der Waals surface area contributed by atoms with Gasteiger partial charge in [0, 0.05) is 32.2 Å². The Labute approximate surface area is 242 Å². The third kappa shape index (κ3) is 5.65. The molecule has 0 spiro atoms. The minimum Gasteiger partial charge on any atom is -0.541 e. The minimum absolute atomic E-state index is 0.172. The lowest BCUT2D eigenvalue weighted by Gasteiger charge is -2.42. The van der Waals surface area contributed by atoms with Gasteiger partial charge < -0.3 is 23.7 Å². The van der Waals surface area contributed by atoms with Crippen LogP contribution in [-0.4, -0.2) is 80.4 Å². The van der Waals surface area contributed by atoms with E-state index in [4.69, 9.17) is 23.9 Å². The predicted octanol–water partition coefficient (Wildman–Crippen LogP) is 5.98. The number of hydrogen-bond acceptors (Lipinski definition) is 8. The standard InChI is InChI=1S/C29H42F2N6O3Si/c1-19(2)41(20(3)4,21(5)6)40-23-9-7-8-22-26(23)34-28(27(30)31)37(22)29-32-24(35-10-14-38-15-11-35)18-25(33-29)36-12-16-39-17-13-36/h7-9,18-21,27H,10-17H2,1-6H3. The summed E-state index contributed by atoms with van der Waals surface area (Å²) in [6.45, 7) is 18.2. The molecule has 2 aliphatic heterocycles. The summed E-state index contributed by atoms with van der Waals surface area (Å²) in [6, 6.07) is 7.43. The Morgan fingerprint density at radius 3 is 1.76 bits per heavy atom. The Kier molecular flexibility index (Phi) is 8.81. The number of nitrogens with zero attached hydrogens (tertiary/aromatic N) is 6. The lowest BCUT2D eigenvalue weighted by Crippen LogP contribution is -2.50. The smallest absolute Gasteiger partial charge is 0.296 e. The fourth-order valence-corrected chi connectivity index (χ4v) is 11.7. The molecule has 41 heavy (non-hydrogen) atoms. The van der Waals surface area contributed by atoms with Gasteiger partial charge in [0.25, 0.3) is 14.7 Å². The zero-order valence-corrected chi connectivity index (χ0v) is 25.9. The van der Waals surface area contributed by atoms with Crippen LogP contribution >= 0.6 is 0 Å². The van der Waals surface area contributed by atoms with Gasteiger partial charge in [-0.2, -0.15) is 9.97 Å². The molecule has 9 nitrogen and oxygen atoms in total. The summed E-state index contributed by atoms with van der Waals surface area (Å²) in [6.07, 6.45) is -2.83. The zero-order chi connectivity index (χ0) is 29.3. The van der Waals surface area contributed by atoms with E-state index in [1.165, 1.54) is 4.57 Å². The molecule has 224 valence electrons. The van der Waals surface area contributed by atoms with E-state index in [0.717, 1.165) is 0 Å². The molecule has 0 saturated carbocycles. The van der Waals surface area contributed by atoms with Gasteiger partial charge in [0.2, 0.25) is 5.95 Å². The molecule has 3 aromatic rings. The molecular weight excluding hydrogens is 546 g/mol. The first kappa shape index (κ1) is 29.7. The highest BCUT2D eigenvalue weighted by atomic mass is 28.4. The third-order valence-corrected chi connectivity index (χ3v) is 14.4.